The predicted molar refractivity (Wildman–Crippen MR) is 99.0 cm³/mol. The number of fused-ring (bicyclic) bond motifs is 1. The van der Waals surface area contributed by atoms with Gasteiger partial charge in [0.1, 0.15) is 5.75 Å². The molecular formula is C21H24N2O2. The Morgan fingerprint density at radius 2 is 2.04 bits per heavy atom. The van der Waals surface area contributed by atoms with E-state index in [0.717, 1.165) is 43.1 Å². The zero-order valence-corrected chi connectivity index (χ0v) is 14.9. The SMILES string of the molecule is Cc1ccccc1N1C(=O)CN(Cc2ccc3c(c2)CCO3)C[C@@H]1C. The first kappa shape index (κ1) is 16.2. The summed E-state index contributed by atoms with van der Waals surface area (Å²) in [5.41, 5.74) is 4.73. The monoisotopic (exact) mass is 336 g/mol. The molecule has 0 unspecified atom stereocenters. The molecule has 0 aromatic heterocycles. The van der Waals surface area contributed by atoms with Crippen molar-refractivity contribution in [2.24, 2.45) is 0 Å². The van der Waals surface area contributed by atoms with Gasteiger partial charge in [0.25, 0.3) is 0 Å². The molecule has 2 heterocycles. The minimum Gasteiger partial charge on any atom is -0.493 e. The van der Waals surface area contributed by atoms with Gasteiger partial charge in [-0.3, -0.25) is 9.69 Å². The van der Waals surface area contributed by atoms with Crippen molar-refractivity contribution in [3.8, 4) is 5.75 Å². The van der Waals surface area contributed by atoms with Gasteiger partial charge in [0.2, 0.25) is 5.91 Å². The number of rotatable bonds is 3. The lowest BCUT2D eigenvalue weighted by Gasteiger charge is -2.40. The van der Waals surface area contributed by atoms with Gasteiger partial charge in [-0.05, 0) is 42.7 Å². The van der Waals surface area contributed by atoms with E-state index in [4.69, 9.17) is 4.74 Å². The minimum atomic E-state index is 0.167. The summed E-state index contributed by atoms with van der Waals surface area (Å²) in [5, 5.41) is 0. The lowest BCUT2D eigenvalue weighted by atomic mass is 10.1. The molecule has 0 saturated carbocycles. The fourth-order valence-electron chi connectivity index (χ4n) is 3.96. The van der Waals surface area contributed by atoms with E-state index in [1.165, 1.54) is 11.1 Å². The summed E-state index contributed by atoms with van der Waals surface area (Å²) in [6.45, 7) is 7.13. The quantitative estimate of drug-likeness (QED) is 0.863. The maximum Gasteiger partial charge on any atom is 0.241 e. The van der Waals surface area contributed by atoms with Gasteiger partial charge in [-0.25, -0.2) is 0 Å². The van der Waals surface area contributed by atoms with E-state index >= 15 is 0 Å². The average molecular weight is 336 g/mol. The molecule has 0 radical (unpaired) electrons. The Labute approximate surface area is 149 Å². The predicted octanol–water partition coefficient (Wildman–Crippen LogP) is 3.17. The highest BCUT2D eigenvalue weighted by molar-refractivity contribution is 5.96. The largest absolute Gasteiger partial charge is 0.493 e. The number of carbonyl (C=O) groups excluding carboxylic acids is 1. The Kier molecular flexibility index (Phi) is 4.22. The summed E-state index contributed by atoms with van der Waals surface area (Å²) in [5.74, 6) is 1.19. The molecule has 4 rings (SSSR count). The second-order valence-electron chi connectivity index (χ2n) is 7.11. The average Bonchev–Trinajstić information content (AvgIpc) is 3.03. The third-order valence-corrected chi connectivity index (χ3v) is 5.13. The molecule has 0 aliphatic carbocycles. The number of para-hydroxylation sites is 1. The first-order valence-corrected chi connectivity index (χ1v) is 8.96. The highest BCUT2D eigenvalue weighted by Crippen LogP contribution is 2.28. The van der Waals surface area contributed by atoms with Crippen LogP contribution in [0.5, 0.6) is 5.75 Å². The van der Waals surface area contributed by atoms with E-state index in [2.05, 4.69) is 43.0 Å². The van der Waals surface area contributed by atoms with Crippen molar-refractivity contribution in [1.82, 2.24) is 4.90 Å². The van der Waals surface area contributed by atoms with Crippen LogP contribution in [0.3, 0.4) is 0 Å². The van der Waals surface area contributed by atoms with Crippen LogP contribution in [0.4, 0.5) is 5.69 Å². The van der Waals surface area contributed by atoms with E-state index in [9.17, 15) is 4.79 Å². The van der Waals surface area contributed by atoms with E-state index in [1.54, 1.807) is 0 Å². The number of anilines is 1. The Bertz CT molecular complexity index is 802. The van der Waals surface area contributed by atoms with Crippen molar-refractivity contribution < 1.29 is 9.53 Å². The highest BCUT2D eigenvalue weighted by atomic mass is 16.5. The van der Waals surface area contributed by atoms with E-state index < -0.39 is 0 Å². The molecule has 0 bridgehead atoms. The van der Waals surface area contributed by atoms with Crippen LogP contribution >= 0.6 is 0 Å². The standard InChI is InChI=1S/C21H24N2O2/c1-15-5-3-4-6-19(15)23-16(2)12-22(14-21(23)24)13-17-7-8-20-18(11-17)9-10-25-20/h3-8,11,16H,9-10,12-14H2,1-2H3/t16-/m0/s1. The molecule has 4 heteroatoms. The van der Waals surface area contributed by atoms with Crippen LogP contribution in [0.2, 0.25) is 0 Å². The Balaban J connectivity index is 1.48. The maximum absolute atomic E-state index is 12.8. The Morgan fingerprint density at radius 1 is 1.20 bits per heavy atom. The lowest BCUT2D eigenvalue weighted by molar-refractivity contribution is -0.122. The number of nitrogens with zero attached hydrogens (tertiary/aromatic N) is 2. The molecule has 1 fully saturated rings. The van der Waals surface area contributed by atoms with Gasteiger partial charge in [-0.2, -0.15) is 0 Å². The maximum atomic E-state index is 12.8. The van der Waals surface area contributed by atoms with E-state index in [0.29, 0.717) is 6.54 Å². The second-order valence-corrected chi connectivity index (χ2v) is 7.11. The first-order valence-electron chi connectivity index (χ1n) is 8.96. The molecule has 1 amide bonds. The number of hydrogen-bond donors (Lipinski definition) is 0. The Hall–Kier alpha value is -2.33. The molecule has 0 spiro atoms. The van der Waals surface area contributed by atoms with E-state index in [-0.39, 0.29) is 11.9 Å². The van der Waals surface area contributed by atoms with Crippen molar-refractivity contribution in [3.63, 3.8) is 0 Å². The number of ether oxygens (including phenoxy) is 1. The van der Waals surface area contributed by atoms with Gasteiger partial charge in [-0.1, -0.05) is 30.3 Å². The fourth-order valence-corrected chi connectivity index (χ4v) is 3.96. The molecule has 2 aromatic carbocycles. The molecule has 2 aliphatic rings. The highest BCUT2D eigenvalue weighted by Gasteiger charge is 2.31. The molecule has 0 N–H and O–H groups in total. The van der Waals surface area contributed by atoms with Crippen LogP contribution in [-0.4, -0.2) is 36.5 Å². The van der Waals surface area contributed by atoms with Crippen LogP contribution in [0.15, 0.2) is 42.5 Å². The third kappa shape index (κ3) is 3.14. The first-order chi connectivity index (χ1) is 12.1. The molecule has 130 valence electrons. The zero-order chi connectivity index (χ0) is 17.4. The summed E-state index contributed by atoms with van der Waals surface area (Å²) >= 11 is 0. The normalized spacial score (nSPS) is 20.5. The number of hydrogen-bond acceptors (Lipinski definition) is 3. The van der Waals surface area contributed by atoms with Crippen molar-refractivity contribution in [1.29, 1.82) is 0 Å². The molecular weight excluding hydrogens is 312 g/mol. The van der Waals surface area contributed by atoms with Gasteiger partial charge in [0.15, 0.2) is 0 Å². The van der Waals surface area contributed by atoms with Crippen LogP contribution < -0.4 is 9.64 Å². The number of piperazine rings is 1. The lowest BCUT2D eigenvalue weighted by Crippen LogP contribution is -2.55. The van der Waals surface area contributed by atoms with Crippen molar-refractivity contribution in [3.05, 3.63) is 59.2 Å². The molecule has 4 nitrogen and oxygen atoms in total. The van der Waals surface area contributed by atoms with Crippen molar-refractivity contribution in [2.75, 3.05) is 24.6 Å². The molecule has 1 saturated heterocycles. The molecule has 25 heavy (non-hydrogen) atoms. The second kappa shape index (κ2) is 6.52. The summed E-state index contributed by atoms with van der Waals surface area (Å²) in [7, 11) is 0. The number of aryl methyl sites for hydroxylation is 1. The van der Waals surface area contributed by atoms with Gasteiger partial charge < -0.3 is 9.64 Å². The summed E-state index contributed by atoms with van der Waals surface area (Å²) in [4.78, 5) is 17.0. The number of carbonyl (C=O) groups is 1. The molecule has 2 aromatic rings. The van der Waals surface area contributed by atoms with Crippen LogP contribution in [0.25, 0.3) is 0 Å². The van der Waals surface area contributed by atoms with Crippen LogP contribution in [0, 0.1) is 6.92 Å². The van der Waals surface area contributed by atoms with E-state index in [1.807, 2.05) is 23.1 Å². The van der Waals surface area contributed by atoms with Gasteiger partial charge in [0.05, 0.1) is 13.2 Å². The summed E-state index contributed by atoms with van der Waals surface area (Å²) < 4.78 is 5.58. The number of benzene rings is 2. The summed E-state index contributed by atoms with van der Waals surface area (Å²) in [6, 6.07) is 14.7. The topological polar surface area (TPSA) is 32.8 Å². The van der Waals surface area contributed by atoms with Crippen LogP contribution in [0.1, 0.15) is 23.6 Å². The Morgan fingerprint density at radius 3 is 2.84 bits per heavy atom. The third-order valence-electron chi connectivity index (χ3n) is 5.13. The van der Waals surface area contributed by atoms with Gasteiger partial charge >= 0.3 is 0 Å². The molecule has 1 atom stereocenters. The molecule has 2 aliphatic heterocycles. The fraction of sp³-hybridized carbons (Fsp3) is 0.381. The number of amides is 1. The summed E-state index contributed by atoms with van der Waals surface area (Å²) in [6.07, 6.45) is 0.986. The van der Waals surface area contributed by atoms with Gasteiger partial charge in [-0.15, -0.1) is 0 Å². The van der Waals surface area contributed by atoms with Crippen molar-refractivity contribution in [2.45, 2.75) is 32.9 Å². The van der Waals surface area contributed by atoms with Crippen LogP contribution in [-0.2, 0) is 17.8 Å². The zero-order valence-electron chi connectivity index (χ0n) is 14.9. The van der Waals surface area contributed by atoms with Crippen molar-refractivity contribution >= 4 is 11.6 Å². The minimum absolute atomic E-state index is 0.167. The van der Waals surface area contributed by atoms with Gasteiger partial charge in [0, 0.05) is 31.2 Å². The smallest absolute Gasteiger partial charge is 0.241 e.